The Hall–Kier alpha value is -1.14. The van der Waals surface area contributed by atoms with Crippen LogP contribution < -0.4 is 11.1 Å². The Morgan fingerprint density at radius 2 is 2.00 bits per heavy atom. The Bertz CT molecular complexity index is 248. The van der Waals surface area contributed by atoms with E-state index in [-0.39, 0.29) is 25.4 Å². The van der Waals surface area contributed by atoms with Crippen LogP contribution in [0.5, 0.6) is 0 Å². The molecule has 0 saturated carbocycles. The van der Waals surface area contributed by atoms with Crippen LogP contribution in [0.25, 0.3) is 0 Å². The minimum atomic E-state index is -1.14. The summed E-state index contributed by atoms with van der Waals surface area (Å²) in [7, 11) is 0. The fourth-order valence-electron chi connectivity index (χ4n) is 1.09. The van der Waals surface area contributed by atoms with Gasteiger partial charge in [0.05, 0.1) is 0 Å². The summed E-state index contributed by atoms with van der Waals surface area (Å²) in [6, 6.07) is -1.03. The zero-order valence-electron chi connectivity index (χ0n) is 9.69. The van der Waals surface area contributed by atoms with Gasteiger partial charge in [0.15, 0.2) is 0 Å². The van der Waals surface area contributed by atoms with Crippen LogP contribution in [0.1, 0.15) is 33.1 Å². The molecule has 0 fully saturated rings. The second kappa shape index (κ2) is 6.44. The third-order valence-electron chi connectivity index (χ3n) is 2.05. The summed E-state index contributed by atoms with van der Waals surface area (Å²) in [5.41, 5.74) is 5.25. The summed E-state index contributed by atoms with van der Waals surface area (Å²) in [5.74, 6) is -1.51. The summed E-state index contributed by atoms with van der Waals surface area (Å²) in [6.07, 6.45) is 0.663. The van der Waals surface area contributed by atoms with Gasteiger partial charge in [0.25, 0.3) is 0 Å². The number of rotatable bonds is 7. The maximum atomic E-state index is 11.4. The van der Waals surface area contributed by atoms with E-state index in [2.05, 4.69) is 5.32 Å². The van der Waals surface area contributed by atoms with E-state index >= 15 is 0 Å². The molecule has 6 nitrogen and oxygen atoms in total. The van der Waals surface area contributed by atoms with Gasteiger partial charge in [-0.1, -0.05) is 0 Å². The number of carbonyl (C=O) groups is 2. The summed E-state index contributed by atoms with van der Waals surface area (Å²) < 4.78 is 0. The average Bonchev–Trinajstić information content (AvgIpc) is 2.13. The number of nitrogens with two attached hydrogens (primary N) is 1. The zero-order valence-corrected chi connectivity index (χ0v) is 9.69. The van der Waals surface area contributed by atoms with E-state index in [9.17, 15) is 9.59 Å². The normalized spacial score (nSPS) is 13.2. The maximum Gasteiger partial charge on any atom is 0.326 e. The van der Waals surface area contributed by atoms with Crippen LogP contribution in [0.4, 0.5) is 0 Å². The molecule has 0 spiro atoms. The van der Waals surface area contributed by atoms with Crippen LogP contribution in [0.15, 0.2) is 0 Å². The highest BCUT2D eigenvalue weighted by Gasteiger charge is 2.20. The number of carbonyl (C=O) groups excluding carboxylic acids is 1. The molecule has 0 saturated heterocycles. The maximum absolute atomic E-state index is 11.4. The number of hydrogen-bond donors (Lipinski definition) is 4. The van der Waals surface area contributed by atoms with Gasteiger partial charge in [-0.3, -0.25) is 4.79 Å². The van der Waals surface area contributed by atoms with Gasteiger partial charge >= 0.3 is 5.97 Å². The molecule has 0 aliphatic heterocycles. The molecule has 1 amide bonds. The molecule has 0 heterocycles. The fraction of sp³-hybridized carbons (Fsp3) is 0.800. The Morgan fingerprint density at radius 3 is 2.38 bits per heavy atom. The largest absolute Gasteiger partial charge is 0.480 e. The molecule has 0 radical (unpaired) electrons. The molecular formula is C10H20N2O4. The lowest BCUT2D eigenvalue weighted by atomic mass is 10.00. The topological polar surface area (TPSA) is 113 Å². The van der Waals surface area contributed by atoms with E-state index in [1.54, 1.807) is 13.8 Å². The molecule has 6 heteroatoms. The highest BCUT2D eigenvalue weighted by molar-refractivity contribution is 5.83. The first-order chi connectivity index (χ1) is 7.26. The number of carboxylic acid groups (broad SMARTS) is 1. The van der Waals surface area contributed by atoms with Crippen molar-refractivity contribution in [1.82, 2.24) is 5.32 Å². The van der Waals surface area contributed by atoms with Crippen LogP contribution in [0.2, 0.25) is 0 Å². The van der Waals surface area contributed by atoms with Gasteiger partial charge < -0.3 is 21.3 Å². The van der Waals surface area contributed by atoms with Gasteiger partial charge in [-0.2, -0.15) is 0 Å². The molecule has 0 rings (SSSR count). The molecule has 94 valence electrons. The number of aliphatic hydroxyl groups is 1. The summed E-state index contributed by atoms with van der Waals surface area (Å²) in [5, 5.41) is 19.7. The van der Waals surface area contributed by atoms with Gasteiger partial charge in [-0.15, -0.1) is 0 Å². The van der Waals surface area contributed by atoms with Crippen molar-refractivity contribution >= 4 is 11.9 Å². The van der Waals surface area contributed by atoms with Crippen molar-refractivity contribution in [2.75, 3.05) is 6.61 Å². The van der Waals surface area contributed by atoms with Crippen molar-refractivity contribution < 1.29 is 19.8 Å². The van der Waals surface area contributed by atoms with Gasteiger partial charge in [-0.05, 0) is 20.3 Å². The fourth-order valence-corrected chi connectivity index (χ4v) is 1.09. The first kappa shape index (κ1) is 14.9. The van der Waals surface area contributed by atoms with Crippen molar-refractivity contribution in [3.8, 4) is 0 Å². The number of aliphatic carboxylic acids is 1. The molecule has 0 aliphatic rings. The molecule has 0 aromatic carbocycles. The van der Waals surface area contributed by atoms with Crippen molar-refractivity contribution in [2.24, 2.45) is 5.73 Å². The number of aliphatic hydroxyl groups excluding tert-OH is 1. The van der Waals surface area contributed by atoms with E-state index in [0.29, 0.717) is 6.42 Å². The van der Waals surface area contributed by atoms with Crippen LogP contribution in [0, 0.1) is 0 Å². The quantitative estimate of drug-likeness (QED) is 0.470. The summed E-state index contributed by atoms with van der Waals surface area (Å²) in [6.45, 7) is 3.31. The lowest BCUT2D eigenvalue weighted by Crippen LogP contribution is -2.42. The van der Waals surface area contributed by atoms with E-state index < -0.39 is 17.6 Å². The van der Waals surface area contributed by atoms with Crippen molar-refractivity contribution in [2.45, 2.75) is 44.7 Å². The molecule has 1 unspecified atom stereocenters. The average molecular weight is 232 g/mol. The molecule has 0 aliphatic carbocycles. The highest BCUT2D eigenvalue weighted by Crippen LogP contribution is 2.07. The molecule has 0 aromatic heterocycles. The van der Waals surface area contributed by atoms with Gasteiger partial charge in [0, 0.05) is 25.0 Å². The predicted molar refractivity (Wildman–Crippen MR) is 58.8 cm³/mol. The predicted octanol–water partition coefficient (Wildman–Crippen LogP) is -0.544. The summed E-state index contributed by atoms with van der Waals surface area (Å²) in [4.78, 5) is 22.0. The van der Waals surface area contributed by atoms with E-state index in [1.165, 1.54) is 0 Å². The molecular weight excluding hydrogens is 212 g/mol. The zero-order chi connectivity index (χ0) is 12.8. The smallest absolute Gasteiger partial charge is 0.326 e. The third kappa shape index (κ3) is 7.19. The molecule has 16 heavy (non-hydrogen) atoms. The Balaban J connectivity index is 4.05. The number of amides is 1. The van der Waals surface area contributed by atoms with Crippen LogP contribution in [-0.2, 0) is 9.59 Å². The molecule has 0 aromatic rings. The Morgan fingerprint density at radius 1 is 1.44 bits per heavy atom. The van der Waals surface area contributed by atoms with Crippen molar-refractivity contribution in [1.29, 1.82) is 0 Å². The number of carboxylic acids is 1. The van der Waals surface area contributed by atoms with Crippen molar-refractivity contribution in [3.63, 3.8) is 0 Å². The van der Waals surface area contributed by atoms with E-state index in [4.69, 9.17) is 15.9 Å². The first-order valence-electron chi connectivity index (χ1n) is 5.18. The molecule has 1 atom stereocenters. The summed E-state index contributed by atoms with van der Waals surface area (Å²) >= 11 is 0. The Kier molecular flexibility index (Phi) is 5.98. The first-order valence-corrected chi connectivity index (χ1v) is 5.18. The standard InChI is InChI=1S/C10H20N2O4/c1-10(2,11)5-3-8(14)12-7(4-6-13)9(15)16/h7,13H,3-6,11H2,1-2H3,(H,12,14)(H,15,16). The third-order valence-corrected chi connectivity index (χ3v) is 2.05. The SMILES string of the molecule is CC(C)(N)CCC(=O)NC(CCO)C(=O)O. The van der Waals surface area contributed by atoms with Gasteiger partial charge in [0.1, 0.15) is 6.04 Å². The second-order valence-corrected chi connectivity index (χ2v) is 4.46. The lowest BCUT2D eigenvalue weighted by Gasteiger charge is -2.19. The monoisotopic (exact) mass is 232 g/mol. The van der Waals surface area contributed by atoms with Crippen LogP contribution in [0.3, 0.4) is 0 Å². The van der Waals surface area contributed by atoms with Gasteiger partial charge in [-0.25, -0.2) is 4.79 Å². The Labute approximate surface area is 94.8 Å². The molecule has 5 N–H and O–H groups in total. The lowest BCUT2D eigenvalue weighted by molar-refractivity contribution is -0.142. The minimum absolute atomic E-state index is 0.00703. The number of nitrogens with one attached hydrogen (secondary N) is 1. The van der Waals surface area contributed by atoms with E-state index in [1.807, 2.05) is 0 Å². The van der Waals surface area contributed by atoms with Crippen LogP contribution >= 0.6 is 0 Å². The molecule has 0 bridgehead atoms. The van der Waals surface area contributed by atoms with Gasteiger partial charge in [0.2, 0.25) is 5.91 Å². The number of hydrogen-bond acceptors (Lipinski definition) is 4. The van der Waals surface area contributed by atoms with Crippen molar-refractivity contribution in [3.05, 3.63) is 0 Å². The van der Waals surface area contributed by atoms with Crippen LogP contribution in [-0.4, -0.2) is 40.3 Å². The minimum Gasteiger partial charge on any atom is -0.480 e. The van der Waals surface area contributed by atoms with E-state index in [0.717, 1.165) is 0 Å². The highest BCUT2D eigenvalue weighted by atomic mass is 16.4. The second-order valence-electron chi connectivity index (χ2n) is 4.46.